The molecule has 1 aliphatic rings. The van der Waals surface area contributed by atoms with Gasteiger partial charge in [0.1, 0.15) is 0 Å². The SMILES string of the molecule is CCCNc1nc(NC2CC2(C)C)nc(N(C)C)n1. The summed E-state index contributed by atoms with van der Waals surface area (Å²) in [5.74, 6) is 1.98. The van der Waals surface area contributed by atoms with Crippen LogP contribution in [0, 0.1) is 5.41 Å². The molecule has 1 aliphatic carbocycles. The number of nitrogens with one attached hydrogen (secondary N) is 2. The lowest BCUT2D eigenvalue weighted by Gasteiger charge is -2.14. The summed E-state index contributed by atoms with van der Waals surface area (Å²) in [6, 6.07) is 0.462. The molecule has 106 valence electrons. The molecule has 6 nitrogen and oxygen atoms in total. The summed E-state index contributed by atoms with van der Waals surface area (Å²) in [4.78, 5) is 15.1. The molecule has 0 saturated heterocycles. The summed E-state index contributed by atoms with van der Waals surface area (Å²) >= 11 is 0. The van der Waals surface area contributed by atoms with Crippen LogP contribution in [-0.2, 0) is 0 Å². The molecule has 0 aromatic carbocycles. The van der Waals surface area contributed by atoms with Gasteiger partial charge >= 0.3 is 0 Å². The Morgan fingerprint density at radius 3 is 2.37 bits per heavy atom. The smallest absolute Gasteiger partial charge is 0.231 e. The van der Waals surface area contributed by atoms with Gasteiger partial charge in [-0.1, -0.05) is 20.8 Å². The molecule has 1 unspecified atom stereocenters. The van der Waals surface area contributed by atoms with E-state index in [9.17, 15) is 0 Å². The number of rotatable bonds is 6. The van der Waals surface area contributed by atoms with Crippen LogP contribution < -0.4 is 15.5 Å². The molecule has 0 radical (unpaired) electrons. The highest BCUT2D eigenvalue weighted by Crippen LogP contribution is 2.46. The van der Waals surface area contributed by atoms with Crippen LogP contribution in [0.5, 0.6) is 0 Å². The fourth-order valence-corrected chi connectivity index (χ4v) is 1.81. The third-order valence-corrected chi connectivity index (χ3v) is 3.37. The molecule has 1 atom stereocenters. The first kappa shape index (κ1) is 13.8. The van der Waals surface area contributed by atoms with Crippen molar-refractivity contribution in [3.8, 4) is 0 Å². The topological polar surface area (TPSA) is 66.0 Å². The van der Waals surface area contributed by atoms with Crippen molar-refractivity contribution in [1.82, 2.24) is 15.0 Å². The van der Waals surface area contributed by atoms with Crippen molar-refractivity contribution in [3.63, 3.8) is 0 Å². The van der Waals surface area contributed by atoms with Crippen LogP contribution in [0.3, 0.4) is 0 Å². The Labute approximate surface area is 115 Å². The van der Waals surface area contributed by atoms with Gasteiger partial charge in [-0.25, -0.2) is 0 Å². The van der Waals surface area contributed by atoms with E-state index < -0.39 is 0 Å². The number of anilines is 3. The second-order valence-electron chi connectivity index (χ2n) is 5.99. The van der Waals surface area contributed by atoms with Gasteiger partial charge in [-0.15, -0.1) is 0 Å². The van der Waals surface area contributed by atoms with Crippen LogP contribution >= 0.6 is 0 Å². The molecule has 0 bridgehead atoms. The molecule has 1 fully saturated rings. The highest BCUT2D eigenvalue weighted by Gasteiger charge is 2.46. The Kier molecular flexibility index (Phi) is 3.78. The monoisotopic (exact) mass is 264 g/mol. The minimum Gasteiger partial charge on any atom is -0.354 e. The summed E-state index contributed by atoms with van der Waals surface area (Å²) in [5, 5.41) is 6.60. The van der Waals surface area contributed by atoms with Gasteiger partial charge < -0.3 is 15.5 Å². The normalized spacial score (nSPS) is 19.9. The third-order valence-electron chi connectivity index (χ3n) is 3.37. The number of hydrogen-bond donors (Lipinski definition) is 2. The Morgan fingerprint density at radius 1 is 1.21 bits per heavy atom. The second kappa shape index (κ2) is 5.19. The lowest BCUT2D eigenvalue weighted by molar-refractivity contribution is 0.628. The Bertz CT molecular complexity index is 443. The van der Waals surface area contributed by atoms with E-state index in [0.29, 0.717) is 29.3 Å². The summed E-state index contributed by atoms with van der Waals surface area (Å²) in [7, 11) is 3.87. The summed E-state index contributed by atoms with van der Waals surface area (Å²) in [6.07, 6.45) is 2.20. The highest BCUT2D eigenvalue weighted by molar-refractivity contribution is 5.44. The van der Waals surface area contributed by atoms with Gasteiger partial charge in [0.15, 0.2) is 0 Å². The molecule has 1 aromatic heterocycles. The molecule has 0 aliphatic heterocycles. The number of nitrogens with zero attached hydrogens (tertiary/aromatic N) is 4. The van der Waals surface area contributed by atoms with E-state index in [4.69, 9.17) is 0 Å². The predicted molar refractivity (Wildman–Crippen MR) is 78.7 cm³/mol. The van der Waals surface area contributed by atoms with Crippen LogP contribution in [0.15, 0.2) is 0 Å². The molecule has 0 spiro atoms. The Hall–Kier alpha value is -1.59. The first-order valence-corrected chi connectivity index (χ1v) is 6.86. The minimum absolute atomic E-state index is 0.349. The lowest BCUT2D eigenvalue weighted by atomic mass is 10.2. The third kappa shape index (κ3) is 3.45. The Balaban J connectivity index is 2.14. The van der Waals surface area contributed by atoms with E-state index in [0.717, 1.165) is 19.4 Å². The zero-order valence-electron chi connectivity index (χ0n) is 12.5. The zero-order valence-corrected chi connectivity index (χ0v) is 12.5. The van der Waals surface area contributed by atoms with E-state index in [1.165, 1.54) is 0 Å². The van der Waals surface area contributed by atoms with Crippen molar-refractivity contribution in [2.75, 3.05) is 36.2 Å². The molecule has 2 rings (SSSR count). The maximum atomic E-state index is 4.44. The predicted octanol–water partition coefficient (Wildman–Crippen LogP) is 1.97. The summed E-state index contributed by atoms with van der Waals surface area (Å²) < 4.78 is 0. The fourth-order valence-electron chi connectivity index (χ4n) is 1.81. The first-order chi connectivity index (χ1) is 8.92. The maximum Gasteiger partial charge on any atom is 0.231 e. The van der Waals surface area contributed by atoms with Gasteiger partial charge in [0.25, 0.3) is 0 Å². The molecule has 1 aromatic rings. The van der Waals surface area contributed by atoms with Crippen molar-refractivity contribution in [2.45, 2.75) is 39.7 Å². The molecule has 2 N–H and O–H groups in total. The van der Waals surface area contributed by atoms with Gasteiger partial charge in [0, 0.05) is 26.7 Å². The summed E-state index contributed by atoms with van der Waals surface area (Å²) in [6.45, 7) is 7.47. The molecule has 1 saturated carbocycles. The average molecular weight is 264 g/mol. The van der Waals surface area contributed by atoms with Crippen LogP contribution in [0.25, 0.3) is 0 Å². The van der Waals surface area contributed by atoms with Crippen molar-refractivity contribution in [3.05, 3.63) is 0 Å². The standard InChI is InChI=1S/C13H24N6/c1-6-7-14-10-16-11(15-9-8-13(9,2)3)18-12(17-10)19(4)5/h9H,6-8H2,1-5H3,(H2,14,15,16,17,18). The van der Waals surface area contributed by atoms with Crippen LogP contribution in [-0.4, -0.2) is 41.6 Å². The van der Waals surface area contributed by atoms with E-state index in [-0.39, 0.29) is 0 Å². The van der Waals surface area contributed by atoms with Gasteiger partial charge in [-0.3, -0.25) is 0 Å². The maximum absolute atomic E-state index is 4.44. The molecule has 19 heavy (non-hydrogen) atoms. The van der Waals surface area contributed by atoms with Crippen molar-refractivity contribution >= 4 is 17.8 Å². The van der Waals surface area contributed by atoms with Gasteiger partial charge in [0.2, 0.25) is 17.8 Å². The van der Waals surface area contributed by atoms with Gasteiger partial charge in [-0.2, -0.15) is 15.0 Å². The average Bonchev–Trinajstić information content (AvgIpc) is 2.93. The largest absolute Gasteiger partial charge is 0.354 e. The van der Waals surface area contributed by atoms with Gasteiger partial charge in [-0.05, 0) is 18.3 Å². The molecular weight excluding hydrogens is 240 g/mol. The van der Waals surface area contributed by atoms with Crippen LogP contribution in [0.4, 0.5) is 17.8 Å². The van der Waals surface area contributed by atoms with E-state index in [1.54, 1.807) is 0 Å². The van der Waals surface area contributed by atoms with Crippen molar-refractivity contribution in [1.29, 1.82) is 0 Å². The minimum atomic E-state index is 0.349. The zero-order chi connectivity index (χ0) is 14.0. The van der Waals surface area contributed by atoms with E-state index >= 15 is 0 Å². The molecule has 1 heterocycles. The second-order valence-corrected chi connectivity index (χ2v) is 5.99. The number of aromatic nitrogens is 3. The fraction of sp³-hybridized carbons (Fsp3) is 0.769. The van der Waals surface area contributed by atoms with E-state index in [2.05, 4.69) is 46.4 Å². The van der Waals surface area contributed by atoms with Crippen LogP contribution in [0.2, 0.25) is 0 Å². The highest BCUT2D eigenvalue weighted by atomic mass is 15.3. The van der Waals surface area contributed by atoms with E-state index in [1.807, 2.05) is 19.0 Å². The quantitative estimate of drug-likeness (QED) is 0.819. The van der Waals surface area contributed by atoms with Crippen LogP contribution in [0.1, 0.15) is 33.6 Å². The van der Waals surface area contributed by atoms with Crippen molar-refractivity contribution < 1.29 is 0 Å². The first-order valence-electron chi connectivity index (χ1n) is 6.86. The van der Waals surface area contributed by atoms with Gasteiger partial charge in [0.05, 0.1) is 0 Å². The van der Waals surface area contributed by atoms with Crippen molar-refractivity contribution in [2.24, 2.45) is 5.41 Å². The molecule has 6 heteroatoms. The molecular formula is C13H24N6. The molecule has 0 amide bonds. The lowest BCUT2D eigenvalue weighted by Crippen LogP contribution is -2.19. The number of hydrogen-bond acceptors (Lipinski definition) is 6. The Morgan fingerprint density at radius 2 is 1.84 bits per heavy atom. The summed E-state index contributed by atoms with van der Waals surface area (Å²) in [5.41, 5.74) is 0.349.